The fourth-order valence-electron chi connectivity index (χ4n) is 2.07. The first-order chi connectivity index (χ1) is 8.11. The van der Waals surface area contributed by atoms with Crippen molar-refractivity contribution >= 4 is 11.9 Å². The van der Waals surface area contributed by atoms with E-state index in [0.29, 0.717) is 6.04 Å². The van der Waals surface area contributed by atoms with Crippen LogP contribution in [0.15, 0.2) is 0 Å². The van der Waals surface area contributed by atoms with Crippen molar-refractivity contribution in [1.82, 2.24) is 5.32 Å². The van der Waals surface area contributed by atoms with Gasteiger partial charge in [0.05, 0.1) is 0 Å². The molecule has 0 aromatic carbocycles. The number of carbonyl (C=O) groups is 2. The van der Waals surface area contributed by atoms with E-state index >= 15 is 0 Å². The summed E-state index contributed by atoms with van der Waals surface area (Å²) in [6.07, 6.45) is 5.43. The van der Waals surface area contributed by atoms with E-state index in [1.165, 1.54) is 0 Å². The average Bonchev–Trinajstić information content (AvgIpc) is 2.25. The number of nitrogens with one attached hydrogen (secondary N) is 1. The van der Waals surface area contributed by atoms with Crippen LogP contribution in [0.3, 0.4) is 0 Å². The van der Waals surface area contributed by atoms with Gasteiger partial charge >= 0.3 is 11.9 Å². The van der Waals surface area contributed by atoms with Crippen LogP contribution in [0.5, 0.6) is 0 Å². The third-order valence-corrected chi connectivity index (χ3v) is 2.92. The second kappa shape index (κ2) is 7.27. The number of piperidine rings is 1. The van der Waals surface area contributed by atoms with Crippen LogP contribution in [0.2, 0.25) is 0 Å². The van der Waals surface area contributed by atoms with Crippen LogP contribution < -0.4 is 5.32 Å². The smallest absolute Gasteiger partial charge is 0.318 e. The monoisotopic (exact) mass is 243 g/mol. The summed E-state index contributed by atoms with van der Waals surface area (Å²) in [4.78, 5) is 21.5. The highest BCUT2D eigenvalue weighted by Gasteiger charge is 2.23. The first kappa shape index (κ1) is 14.0. The molecule has 0 aromatic rings. The highest BCUT2D eigenvalue weighted by Crippen LogP contribution is 2.17. The van der Waals surface area contributed by atoms with Crippen molar-refractivity contribution in [3.8, 4) is 0 Å². The van der Waals surface area contributed by atoms with Crippen LogP contribution in [0.25, 0.3) is 0 Å². The van der Waals surface area contributed by atoms with Crippen LogP contribution in [0, 0.1) is 0 Å². The molecule has 2 atom stereocenters. The van der Waals surface area contributed by atoms with Gasteiger partial charge in [-0.25, -0.2) is 0 Å². The average molecular weight is 243 g/mol. The summed E-state index contributed by atoms with van der Waals surface area (Å²) >= 11 is 0. The Bertz CT molecular complexity index is 267. The molecule has 2 unspecified atom stereocenters. The molecule has 0 amide bonds. The highest BCUT2D eigenvalue weighted by atomic mass is 16.6. The molecule has 0 bridgehead atoms. The number of carbonyl (C=O) groups excluding carboxylic acids is 1. The van der Waals surface area contributed by atoms with Crippen molar-refractivity contribution in [3.05, 3.63) is 0 Å². The third-order valence-electron chi connectivity index (χ3n) is 2.92. The first-order valence-electron chi connectivity index (χ1n) is 6.29. The fourth-order valence-corrected chi connectivity index (χ4v) is 2.07. The molecule has 0 spiro atoms. The number of aliphatic carboxylic acids is 1. The van der Waals surface area contributed by atoms with Gasteiger partial charge in [0.2, 0.25) is 0 Å². The zero-order valence-corrected chi connectivity index (χ0v) is 10.3. The van der Waals surface area contributed by atoms with Crippen LogP contribution in [-0.2, 0) is 14.3 Å². The van der Waals surface area contributed by atoms with E-state index in [1.807, 2.05) is 0 Å². The number of carboxylic acids is 1. The molecule has 0 saturated carbocycles. The molecule has 1 heterocycles. The molecule has 5 nitrogen and oxygen atoms in total. The van der Waals surface area contributed by atoms with Crippen LogP contribution in [0.1, 0.15) is 51.9 Å². The molecule has 1 saturated heterocycles. The minimum absolute atomic E-state index is 0.308. The van der Waals surface area contributed by atoms with E-state index in [1.54, 1.807) is 0 Å². The van der Waals surface area contributed by atoms with Gasteiger partial charge in [-0.15, -0.1) is 0 Å². The predicted molar refractivity (Wildman–Crippen MR) is 62.4 cm³/mol. The number of esters is 1. The van der Waals surface area contributed by atoms with Gasteiger partial charge in [0, 0.05) is 6.04 Å². The van der Waals surface area contributed by atoms with Gasteiger partial charge < -0.3 is 9.84 Å². The van der Waals surface area contributed by atoms with E-state index in [-0.39, 0.29) is 6.23 Å². The predicted octanol–water partition coefficient (Wildman–Crippen LogP) is 1.66. The minimum atomic E-state index is -1.15. The Kier molecular flexibility index (Phi) is 5.97. The number of rotatable bonds is 6. The maximum Gasteiger partial charge on any atom is 0.318 e. The summed E-state index contributed by atoms with van der Waals surface area (Å²) in [7, 11) is 0. The van der Waals surface area contributed by atoms with Crippen molar-refractivity contribution in [3.63, 3.8) is 0 Å². The second-order valence-electron chi connectivity index (χ2n) is 4.49. The summed E-state index contributed by atoms with van der Waals surface area (Å²) in [5, 5.41) is 11.7. The Morgan fingerprint density at radius 1 is 1.41 bits per heavy atom. The molecule has 2 N–H and O–H groups in total. The number of ether oxygens (including phenoxy) is 1. The molecule has 5 heteroatoms. The molecule has 1 rings (SSSR count). The van der Waals surface area contributed by atoms with Crippen LogP contribution >= 0.6 is 0 Å². The van der Waals surface area contributed by atoms with Crippen molar-refractivity contribution in [2.75, 3.05) is 0 Å². The van der Waals surface area contributed by atoms with E-state index < -0.39 is 18.4 Å². The molecule has 98 valence electrons. The largest absolute Gasteiger partial charge is 0.481 e. The number of unbranched alkanes of at least 4 members (excludes halogenated alkanes) is 1. The zero-order valence-electron chi connectivity index (χ0n) is 10.3. The van der Waals surface area contributed by atoms with E-state index in [9.17, 15) is 9.59 Å². The molecule has 0 aliphatic carbocycles. The highest BCUT2D eigenvalue weighted by molar-refractivity contribution is 5.90. The van der Waals surface area contributed by atoms with Gasteiger partial charge in [-0.05, 0) is 25.7 Å². The summed E-state index contributed by atoms with van der Waals surface area (Å²) in [5.74, 6) is -1.81. The third kappa shape index (κ3) is 5.68. The van der Waals surface area contributed by atoms with Crippen LogP contribution in [0.4, 0.5) is 0 Å². The molecule has 1 aliphatic heterocycles. The lowest BCUT2D eigenvalue weighted by atomic mass is 9.99. The number of hydrogen-bond donors (Lipinski definition) is 2. The van der Waals surface area contributed by atoms with Crippen molar-refractivity contribution < 1.29 is 19.4 Å². The molecule has 1 fully saturated rings. The number of hydrogen-bond acceptors (Lipinski definition) is 4. The Balaban J connectivity index is 2.28. The topological polar surface area (TPSA) is 75.6 Å². The van der Waals surface area contributed by atoms with Crippen molar-refractivity contribution in [1.29, 1.82) is 0 Å². The van der Waals surface area contributed by atoms with E-state index in [2.05, 4.69) is 12.2 Å². The Morgan fingerprint density at radius 3 is 2.82 bits per heavy atom. The van der Waals surface area contributed by atoms with Gasteiger partial charge in [0.25, 0.3) is 0 Å². The lowest BCUT2D eigenvalue weighted by Gasteiger charge is -2.30. The second-order valence-corrected chi connectivity index (χ2v) is 4.49. The van der Waals surface area contributed by atoms with E-state index in [4.69, 9.17) is 9.84 Å². The summed E-state index contributed by atoms with van der Waals surface area (Å²) < 4.78 is 5.08. The maximum atomic E-state index is 11.2. The molecule has 0 aromatic heterocycles. The Labute approximate surface area is 102 Å². The molecule has 1 aliphatic rings. The lowest BCUT2D eigenvalue weighted by Crippen LogP contribution is -2.44. The van der Waals surface area contributed by atoms with Gasteiger partial charge in [-0.3, -0.25) is 14.9 Å². The van der Waals surface area contributed by atoms with Crippen LogP contribution in [-0.4, -0.2) is 29.3 Å². The summed E-state index contributed by atoms with van der Waals surface area (Å²) in [5.41, 5.74) is 0. The molecular weight excluding hydrogens is 222 g/mol. The van der Waals surface area contributed by atoms with E-state index in [0.717, 1.165) is 38.5 Å². The van der Waals surface area contributed by atoms with Crippen molar-refractivity contribution in [2.45, 2.75) is 64.1 Å². The Hall–Kier alpha value is -1.10. The lowest BCUT2D eigenvalue weighted by molar-refractivity contribution is -0.157. The van der Waals surface area contributed by atoms with Gasteiger partial charge in [-0.1, -0.05) is 19.8 Å². The van der Waals surface area contributed by atoms with Gasteiger partial charge in [0.1, 0.15) is 6.42 Å². The normalized spacial score (nSPS) is 24.3. The zero-order chi connectivity index (χ0) is 12.7. The standard InChI is InChI=1S/C12H21NO4/c1-2-3-5-9-6-4-7-10(13-9)17-12(16)8-11(14)15/h9-10,13H,2-8H2,1H3,(H,14,15). The quantitative estimate of drug-likeness (QED) is 0.548. The SMILES string of the molecule is CCCCC1CCCC(OC(=O)CC(=O)O)N1. The van der Waals surface area contributed by atoms with Crippen molar-refractivity contribution in [2.24, 2.45) is 0 Å². The molecular formula is C12H21NO4. The summed E-state index contributed by atoms with van der Waals surface area (Å²) in [6, 6.07) is 0.395. The summed E-state index contributed by atoms with van der Waals surface area (Å²) in [6.45, 7) is 2.15. The Morgan fingerprint density at radius 2 is 2.18 bits per heavy atom. The molecule has 0 radical (unpaired) electrons. The molecule has 17 heavy (non-hydrogen) atoms. The maximum absolute atomic E-state index is 11.2. The first-order valence-corrected chi connectivity index (χ1v) is 6.29. The number of carboxylic acid groups (broad SMARTS) is 1. The van der Waals surface area contributed by atoms with Gasteiger partial charge in [0.15, 0.2) is 6.23 Å². The minimum Gasteiger partial charge on any atom is -0.481 e. The fraction of sp³-hybridized carbons (Fsp3) is 0.833. The van der Waals surface area contributed by atoms with Gasteiger partial charge in [-0.2, -0.15) is 0 Å².